The third-order valence-electron chi connectivity index (χ3n) is 4.71. The van der Waals surface area contributed by atoms with Crippen molar-refractivity contribution in [1.29, 1.82) is 0 Å². The van der Waals surface area contributed by atoms with Crippen molar-refractivity contribution >= 4 is 30.7 Å². The smallest absolute Gasteiger partial charge is 0.237 e. The van der Waals surface area contributed by atoms with Crippen LogP contribution in [-0.2, 0) is 4.79 Å². The van der Waals surface area contributed by atoms with Gasteiger partial charge in [-0.15, -0.1) is 24.8 Å². The van der Waals surface area contributed by atoms with Crippen LogP contribution in [-0.4, -0.2) is 42.5 Å². The van der Waals surface area contributed by atoms with E-state index in [9.17, 15) is 4.79 Å². The Kier molecular flexibility index (Phi) is 13.7. The summed E-state index contributed by atoms with van der Waals surface area (Å²) in [5, 5.41) is 3.08. The van der Waals surface area contributed by atoms with E-state index in [4.69, 9.17) is 5.73 Å². The number of nitrogens with one attached hydrogen (secondary N) is 1. The van der Waals surface area contributed by atoms with E-state index in [0.29, 0.717) is 12.0 Å². The third kappa shape index (κ3) is 7.03. The molecule has 134 valence electrons. The number of likely N-dealkylation sites (tertiary alicyclic amines) is 1. The average molecular weight is 356 g/mol. The summed E-state index contributed by atoms with van der Waals surface area (Å²) in [5.74, 6) is 0.840. The van der Waals surface area contributed by atoms with Gasteiger partial charge in [0.2, 0.25) is 5.91 Å². The molecule has 1 rings (SSSR count). The molecule has 3 N–H and O–H groups in total. The van der Waals surface area contributed by atoms with E-state index in [1.165, 1.54) is 38.8 Å². The molecular weight excluding hydrogens is 321 g/mol. The molecule has 1 unspecified atom stereocenters. The predicted molar refractivity (Wildman–Crippen MR) is 99.0 cm³/mol. The second kappa shape index (κ2) is 12.4. The first-order valence-corrected chi connectivity index (χ1v) is 8.28. The maximum Gasteiger partial charge on any atom is 0.237 e. The molecule has 0 spiro atoms. The van der Waals surface area contributed by atoms with Gasteiger partial charge in [0.1, 0.15) is 0 Å². The maximum absolute atomic E-state index is 12.0. The Bertz CT molecular complexity index is 291. The van der Waals surface area contributed by atoms with Gasteiger partial charge in [-0.05, 0) is 37.8 Å². The van der Waals surface area contributed by atoms with E-state index in [2.05, 4.69) is 24.1 Å². The van der Waals surface area contributed by atoms with Crippen LogP contribution >= 0.6 is 24.8 Å². The Morgan fingerprint density at radius 2 is 1.64 bits per heavy atom. The fourth-order valence-corrected chi connectivity index (χ4v) is 3.13. The summed E-state index contributed by atoms with van der Waals surface area (Å²) in [5.41, 5.74) is 5.92. The van der Waals surface area contributed by atoms with Crippen molar-refractivity contribution in [3.63, 3.8) is 0 Å². The molecule has 0 aromatic carbocycles. The van der Waals surface area contributed by atoms with Crippen molar-refractivity contribution in [2.75, 3.05) is 19.6 Å². The number of rotatable bonds is 8. The van der Waals surface area contributed by atoms with Crippen LogP contribution in [0, 0.1) is 11.8 Å². The minimum absolute atomic E-state index is 0. The lowest BCUT2D eigenvalue weighted by Gasteiger charge is -2.34. The molecule has 1 aliphatic rings. The second-order valence-corrected chi connectivity index (χ2v) is 6.40. The molecule has 0 saturated carbocycles. The molecule has 1 fully saturated rings. The summed E-state index contributed by atoms with van der Waals surface area (Å²) in [4.78, 5) is 14.6. The van der Waals surface area contributed by atoms with Gasteiger partial charge in [-0.1, -0.05) is 40.5 Å². The summed E-state index contributed by atoms with van der Waals surface area (Å²) < 4.78 is 0. The molecule has 0 bridgehead atoms. The molecule has 1 saturated heterocycles. The quantitative estimate of drug-likeness (QED) is 0.703. The lowest BCUT2D eigenvalue weighted by Crippen LogP contribution is -2.51. The highest BCUT2D eigenvalue weighted by Crippen LogP contribution is 2.22. The minimum atomic E-state index is -0.393. The van der Waals surface area contributed by atoms with Crippen LogP contribution < -0.4 is 11.1 Å². The molecule has 22 heavy (non-hydrogen) atoms. The molecule has 4 nitrogen and oxygen atoms in total. The molecule has 0 aliphatic carbocycles. The normalized spacial score (nSPS) is 17.8. The van der Waals surface area contributed by atoms with E-state index < -0.39 is 6.04 Å². The van der Waals surface area contributed by atoms with Crippen LogP contribution in [0.4, 0.5) is 0 Å². The largest absolute Gasteiger partial charge is 0.353 e. The van der Waals surface area contributed by atoms with Crippen molar-refractivity contribution in [2.24, 2.45) is 17.6 Å². The maximum atomic E-state index is 12.0. The first-order chi connectivity index (χ1) is 9.51. The number of hydrogen-bond donors (Lipinski definition) is 2. The van der Waals surface area contributed by atoms with Crippen molar-refractivity contribution in [3.8, 4) is 0 Å². The zero-order valence-corrected chi connectivity index (χ0v) is 16.1. The Morgan fingerprint density at radius 3 is 2.05 bits per heavy atom. The second-order valence-electron chi connectivity index (χ2n) is 6.40. The Morgan fingerprint density at radius 1 is 1.14 bits per heavy atom. The van der Waals surface area contributed by atoms with Crippen molar-refractivity contribution in [1.82, 2.24) is 10.2 Å². The molecule has 0 radical (unpaired) electrons. The molecule has 2 atom stereocenters. The first-order valence-electron chi connectivity index (χ1n) is 8.28. The average Bonchev–Trinajstić information content (AvgIpc) is 2.95. The van der Waals surface area contributed by atoms with Gasteiger partial charge in [0.05, 0.1) is 6.04 Å². The van der Waals surface area contributed by atoms with E-state index in [1.807, 2.05) is 13.8 Å². The lowest BCUT2D eigenvalue weighted by atomic mass is 9.92. The van der Waals surface area contributed by atoms with E-state index in [0.717, 1.165) is 6.54 Å². The van der Waals surface area contributed by atoms with Crippen LogP contribution in [0.3, 0.4) is 0 Å². The number of nitrogens with zero attached hydrogens (tertiary/aromatic N) is 1. The van der Waals surface area contributed by atoms with Crippen LogP contribution in [0.2, 0.25) is 0 Å². The summed E-state index contributed by atoms with van der Waals surface area (Å²) in [6.07, 6.45) is 4.92. The van der Waals surface area contributed by atoms with Crippen LogP contribution in [0.1, 0.15) is 53.4 Å². The van der Waals surface area contributed by atoms with Crippen LogP contribution in [0.15, 0.2) is 0 Å². The zero-order chi connectivity index (χ0) is 15.1. The highest BCUT2D eigenvalue weighted by atomic mass is 35.5. The lowest BCUT2D eigenvalue weighted by molar-refractivity contribution is -0.123. The van der Waals surface area contributed by atoms with E-state index >= 15 is 0 Å². The number of hydrogen-bond acceptors (Lipinski definition) is 3. The molecular formula is C16H35Cl2N3O. The molecule has 1 aliphatic heterocycles. The standard InChI is InChI=1S/C16H33N3O.2ClH/c1-5-13(6-2)14(19-9-7-8-10-19)11-18-16(20)15(17)12(3)4;;/h12-15H,5-11,17H2,1-4H3,(H,18,20);2*1H/t14?,15-;;/m0../s1. The molecule has 6 heteroatoms. The minimum Gasteiger partial charge on any atom is -0.353 e. The van der Waals surface area contributed by atoms with Gasteiger partial charge in [-0.2, -0.15) is 0 Å². The van der Waals surface area contributed by atoms with E-state index in [1.54, 1.807) is 0 Å². The van der Waals surface area contributed by atoms with Gasteiger partial charge >= 0.3 is 0 Å². The Hall–Kier alpha value is -0.0300. The predicted octanol–water partition coefficient (Wildman–Crippen LogP) is 2.83. The van der Waals surface area contributed by atoms with Gasteiger partial charge in [0.15, 0.2) is 0 Å². The van der Waals surface area contributed by atoms with Gasteiger partial charge in [0, 0.05) is 12.6 Å². The zero-order valence-electron chi connectivity index (χ0n) is 14.5. The van der Waals surface area contributed by atoms with E-state index in [-0.39, 0.29) is 36.6 Å². The third-order valence-corrected chi connectivity index (χ3v) is 4.71. The number of nitrogens with two attached hydrogens (primary N) is 1. The van der Waals surface area contributed by atoms with Gasteiger partial charge in [0.25, 0.3) is 0 Å². The summed E-state index contributed by atoms with van der Waals surface area (Å²) in [7, 11) is 0. The summed E-state index contributed by atoms with van der Waals surface area (Å²) in [6.45, 7) is 11.6. The van der Waals surface area contributed by atoms with Gasteiger partial charge in [-0.25, -0.2) is 0 Å². The number of amides is 1. The molecule has 1 amide bonds. The summed E-state index contributed by atoms with van der Waals surface area (Å²) >= 11 is 0. The molecule has 1 heterocycles. The highest BCUT2D eigenvalue weighted by Gasteiger charge is 2.28. The fourth-order valence-electron chi connectivity index (χ4n) is 3.13. The fraction of sp³-hybridized carbons (Fsp3) is 0.938. The van der Waals surface area contributed by atoms with Crippen molar-refractivity contribution < 1.29 is 4.79 Å². The number of carbonyl (C=O) groups excluding carboxylic acids is 1. The van der Waals surface area contributed by atoms with Crippen molar-refractivity contribution in [3.05, 3.63) is 0 Å². The Labute approximate surface area is 148 Å². The first kappa shape index (κ1) is 24.2. The van der Waals surface area contributed by atoms with Crippen LogP contribution in [0.25, 0.3) is 0 Å². The topological polar surface area (TPSA) is 58.4 Å². The van der Waals surface area contributed by atoms with Crippen molar-refractivity contribution in [2.45, 2.75) is 65.5 Å². The highest BCUT2D eigenvalue weighted by molar-refractivity contribution is 5.85. The molecule has 0 aromatic heterocycles. The SMILES string of the molecule is CCC(CC)C(CNC(=O)[C@@H](N)C(C)C)N1CCCC1.Cl.Cl. The number of carbonyl (C=O) groups is 1. The molecule has 0 aromatic rings. The Balaban J connectivity index is 0. The summed E-state index contributed by atoms with van der Waals surface area (Å²) in [6, 6.07) is 0.0757. The van der Waals surface area contributed by atoms with Gasteiger partial charge in [-0.3, -0.25) is 9.69 Å². The number of halogens is 2. The van der Waals surface area contributed by atoms with Crippen LogP contribution in [0.5, 0.6) is 0 Å². The monoisotopic (exact) mass is 355 g/mol. The van der Waals surface area contributed by atoms with Gasteiger partial charge < -0.3 is 11.1 Å².